The number of carbonyl (C=O) groups is 2. The molecule has 1 heterocycles. The van der Waals surface area contributed by atoms with Crippen molar-refractivity contribution in [2.75, 3.05) is 9.33 Å². The van der Waals surface area contributed by atoms with Crippen molar-refractivity contribution in [2.45, 2.75) is 0 Å². The standard InChI is InChI=1S/C17H12INO3/c18-10-16(21)19-13-7-3-2-6-12(13)17(22)14(19)9-11-5-1-4-8-15(11)20/h1-9,20H,10H2/b14-9-. The fourth-order valence-electron chi connectivity index (χ4n) is 2.45. The zero-order valence-corrected chi connectivity index (χ0v) is 13.6. The number of carbonyl (C=O) groups excluding carboxylic acids is 2. The highest BCUT2D eigenvalue weighted by Gasteiger charge is 2.35. The number of phenols is 1. The number of allylic oxidation sites excluding steroid dienone is 1. The molecule has 1 N–H and O–H groups in total. The number of para-hydroxylation sites is 2. The first-order valence-corrected chi connectivity index (χ1v) is 8.18. The number of fused-ring (bicyclic) bond motifs is 1. The topological polar surface area (TPSA) is 57.6 Å². The average molecular weight is 405 g/mol. The molecule has 0 radical (unpaired) electrons. The van der Waals surface area contributed by atoms with E-state index >= 15 is 0 Å². The summed E-state index contributed by atoms with van der Waals surface area (Å²) in [7, 11) is 0. The van der Waals surface area contributed by atoms with E-state index in [0.717, 1.165) is 0 Å². The molecule has 0 saturated heterocycles. The third kappa shape index (κ3) is 2.41. The molecule has 1 aliphatic rings. The van der Waals surface area contributed by atoms with Crippen molar-refractivity contribution >= 4 is 46.0 Å². The van der Waals surface area contributed by atoms with Crippen LogP contribution in [-0.2, 0) is 4.79 Å². The maximum atomic E-state index is 12.6. The Morgan fingerprint density at radius 1 is 1.14 bits per heavy atom. The number of halogens is 1. The summed E-state index contributed by atoms with van der Waals surface area (Å²) in [5.41, 5.74) is 1.87. The second kappa shape index (κ2) is 5.92. The lowest BCUT2D eigenvalue weighted by Gasteiger charge is -2.17. The highest BCUT2D eigenvalue weighted by atomic mass is 127. The Hall–Kier alpha value is -2.15. The van der Waals surface area contributed by atoms with Gasteiger partial charge in [-0.1, -0.05) is 52.9 Å². The molecule has 0 unspecified atom stereocenters. The van der Waals surface area contributed by atoms with E-state index in [2.05, 4.69) is 0 Å². The molecule has 3 rings (SSSR count). The zero-order chi connectivity index (χ0) is 15.7. The summed E-state index contributed by atoms with van der Waals surface area (Å²) in [5.74, 6) is -0.307. The third-order valence-corrected chi connectivity index (χ3v) is 4.11. The van der Waals surface area contributed by atoms with E-state index in [4.69, 9.17) is 0 Å². The number of hydrogen-bond donors (Lipinski definition) is 1. The number of nitrogens with zero attached hydrogens (tertiary/aromatic N) is 1. The second-order valence-electron chi connectivity index (χ2n) is 4.80. The Balaban J connectivity index is 2.17. The fourth-order valence-corrected chi connectivity index (χ4v) is 2.79. The van der Waals surface area contributed by atoms with Crippen LogP contribution in [0.5, 0.6) is 5.75 Å². The number of anilines is 1. The molecule has 0 aliphatic carbocycles. The van der Waals surface area contributed by atoms with E-state index < -0.39 is 0 Å². The largest absolute Gasteiger partial charge is 0.507 e. The lowest BCUT2D eigenvalue weighted by Crippen LogP contribution is -2.29. The summed E-state index contributed by atoms with van der Waals surface area (Å²) in [6, 6.07) is 13.7. The quantitative estimate of drug-likeness (QED) is 0.474. The Bertz CT molecular complexity index is 798. The van der Waals surface area contributed by atoms with Gasteiger partial charge in [0.25, 0.3) is 0 Å². The van der Waals surface area contributed by atoms with Gasteiger partial charge in [-0.25, -0.2) is 0 Å². The number of alkyl halides is 1. The van der Waals surface area contributed by atoms with E-state index in [0.29, 0.717) is 16.8 Å². The molecule has 0 aromatic heterocycles. The van der Waals surface area contributed by atoms with Crippen LogP contribution >= 0.6 is 22.6 Å². The van der Waals surface area contributed by atoms with Gasteiger partial charge in [-0.05, 0) is 24.3 Å². The summed E-state index contributed by atoms with van der Waals surface area (Å²) in [4.78, 5) is 26.3. The lowest BCUT2D eigenvalue weighted by atomic mass is 10.1. The molecule has 0 spiro atoms. The minimum atomic E-state index is -0.211. The molecule has 0 fully saturated rings. The van der Waals surface area contributed by atoms with Crippen molar-refractivity contribution < 1.29 is 14.7 Å². The van der Waals surface area contributed by atoms with Crippen LogP contribution in [0.4, 0.5) is 5.69 Å². The predicted molar refractivity (Wildman–Crippen MR) is 93.2 cm³/mol. The maximum absolute atomic E-state index is 12.6. The minimum absolute atomic E-state index is 0.0700. The Morgan fingerprint density at radius 3 is 2.55 bits per heavy atom. The molecule has 22 heavy (non-hydrogen) atoms. The van der Waals surface area contributed by atoms with Gasteiger partial charge in [0.15, 0.2) is 0 Å². The smallest absolute Gasteiger partial charge is 0.241 e. The van der Waals surface area contributed by atoms with E-state index in [1.54, 1.807) is 54.6 Å². The van der Waals surface area contributed by atoms with Crippen molar-refractivity contribution in [3.8, 4) is 5.75 Å². The summed E-state index contributed by atoms with van der Waals surface area (Å²) in [6.07, 6.45) is 1.56. The molecule has 1 aliphatic heterocycles. The number of phenolic OH excluding ortho intramolecular Hbond substituents is 1. The Kier molecular flexibility index (Phi) is 3.98. The molecule has 2 aromatic carbocycles. The molecule has 0 atom stereocenters. The Morgan fingerprint density at radius 2 is 1.82 bits per heavy atom. The molecule has 110 valence electrons. The van der Waals surface area contributed by atoms with Gasteiger partial charge in [-0.15, -0.1) is 0 Å². The maximum Gasteiger partial charge on any atom is 0.241 e. The van der Waals surface area contributed by atoms with Gasteiger partial charge in [0, 0.05) is 11.1 Å². The monoisotopic (exact) mass is 405 g/mol. The van der Waals surface area contributed by atoms with Gasteiger partial charge < -0.3 is 5.11 Å². The minimum Gasteiger partial charge on any atom is -0.507 e. The summed E-state index contributed by atoms with van der Waals surface area (Å²) >= 11 is 1.98. The van der Waals surface area contributed by atoms with Gasteiger partial charge in [-0.3, -0.25) is 14.5 Å². The first-order chi connectivity index (χ1) is 10.6. The van der Waals surface area contributed by atoms with Gasteiger partial charge in [-0.2, -0.15) is 0 Å². The molecular weight excluding hydrogens is 393 g/mol. The van der Waals surface area contributed by atoms with Crippen molar-refractivity contribution in [1.82, 2.24) is 0 Å². The highest BCUT2D eigenvalue weighted by Crippen LogP contribution is 2.36. The number of ketones is 1. The first-order valence-electron chi connectivity index (χ1n) is 6.66. The van der Waals surface area contributed by atoms with Gasteiger partial charge in [0.2, 0.25) is 11.7 Å². The van der Waals surface area contributed by atoms with Gasteiger partial charge >= 0.3 is 0 Å². The normalized spacial score (nSPS) is 15.2. The SMILES string of the molecule is O=C1/C(=C/c2ccccc2O)N(C(=O)CI)c2ccccc21. The predicted octanol–water partition coefficient (Wildman–Crippen LogP) is 3.40. The first kappa shape index (κ1) is 14.8. The van der Waals surface area contributed by atoms with Gasteiger partial charge in [0.05, 0.1) is 15.8 Å². The van der Waals surface area contributed by atoms with Crippen LogP contribution in [-0.4, -0.2) is 21.2 Å². The molecule has 2 aromatic rings. The van der Waals surface area contributed by atoms with Crippen LogP contribution in [0.3, 0.4) is 0 Å². The van der Waals surface area contributed by atoms with Crippen LogP contribution in [0.1, 0.15) is 15.9 Å². The van der Waals surface area contributed by atoms with Crippen molar-refractivity contribution in [3.63, 3.8) is 0 Å². The summed E-state index contributed by atoms with van der Waals surface area (Å²) in [5, 5.41) is 9.90. The Labute approximate surface area is 141 Å². The van der Waals surface area contributed by atoms with Crippen LogP contribution in [0.25, 0.3) is 6.08 Å². The summed E-state index contributed by atoms with van der Waals surface area (Å²) < 4.78 is 0.261. The second-order valence-corrected chi connectivity index (χ2v) is 5.56. The summed E-state index contributed by atoms with van der Waals surface area (Å²) in [6.45, 7) is 0. The zero-order valence-electron chi connectivity index (χ0n) is 11.5. The van der Waals surface area contributed by atoms with Crippen LogP contribution in [0, 0.1) is 0 Å². The number of rotatable bonds is 2. The number of aromatic hydroxyl groups is 1. The average Bonchev–Trinajstić information content (AvgIpc) is 2.82. The fraction of sp³-hybridized carbons (Fsp3) is 0.0588. The van der Waals surface area contributed by atoms with Crippen molar-refractivity contribution in [2.24, 2.45) is 0 Å². The number of benzene rings is 2. The molecule has 1 amide bonds. The number of hydrogen-bond acceptors (Lipinski definition) is 3. The van der Waals surface area contributed by atoms with Crippen molar-refractivity contribution in [1.29, 1.82) is 0 Å². The molecule has 0 saturated carbocycles. The van der Waals surface area contributed by atoms with Crippen molar-refractivity contribution in [3.05, 3.63) is 65.4 Å². The molecule has 5 heteroatoms. The van der Waals surface area contributed by atoms with Crippen LogP contribution < -0.4 is 4.90 Å². The molecule has 4 nitrogen and oxygen atoms in total. The van der Waals surface area contributed by atoms with Crippen LogP contribution in [0.2, 0.25) is 0 Å². The van der Waals surface area contributed by atoms with E-state index in [9.17, 15) is 14.7 Å². The number of amides is 1. The van der Waals surface area contributed by atoms with Gasteiger partial charge in [0.1, 0.15) is 5.75 Å². The third-order valence-electron chi connectivity index (χ3n) is 3.46. The van der Waals surface area contributed by atoms with E-state index in [1.165, 1.54) is 4.90 Å². The van der Waals surface area contributed by atoms with E-state index in [1.807, 2.05) is 22.6 Å². The van der Waals surface area contributed by atoms with E-state index in [-0.39, 0.29) is 27.6 Å². The van der Waals surface area contributed by atoms with Crippen LogP contribution in [0.15, 0.2) is 54.2 Å². The molecular formula is C17H12INO3. The molecule has 0 bridgehead atoms. The lowest BCUT2D eigenvalue weighted by molar-refractivity contribution is -0.115. The highest BCUT2D eigenvalue weighted by molar-refractivity contribution is 14.1. The number of Topliss-reactive ketones (excluding diaryl/α,β-unsaturated/α-hetero) is 1.